The molecule has 2 aromatic carbocycles. The maximum atomic E-state index is 13.9. The lowest BCUT2D eigenvalue weighted by molar-refractivity contribution is -0.143. The Labute approximate surface area is 216 Å². The van der Waals surface area contributed by atoms with Crippen LogP contribution in [0.15, 0.2) is 66.3 Å². The van der Waals surface area contributed by atoms with Crippen molar-refractivity contribution >= 4 is 57.7 Å². The van der Waals surface area contributed by atoms with Gasteiger partial charge in [-0.1, -0.05) is 42.0 Å². The first-order valence-corrected chi connectivity index (χ1v) is 12.4. The Morgan fingerprint density at radius 3 is 2.53 bits per heavy atom. The molecule has 8 heteroatoms. The number of amides is 2. The van der Waals surface area contributed by atoms with Crippen molar-refractivity contribution in [3.8, 4) is 0 Å². The highest BCUT2D eigenvalue weighted by Gasteiger charge is 2.45. The molecule has 1 aliphatic carbocycles. The maximum absolute atomic E-state index is 13.9. The number of nitrogens with one attached hydrogen (secondary N) is 1. The summed E-state index contributed by atoms with van der Waals surface area (Å²) in [6, 6.07) is 9.04. The highest BCUT2D eigenvalue weighted by atomic mass is 127. The van der Waals surface area contributed by atoms with Crippen molar-refractivity contribution in [2.75, 3.05) is 5.32 Å². The SMILES string of the molecule is C=C(C)C1CC=C(C2C(=O)Nc3ccc(I)cc3C(=O)N2C(C(=O)O)c2ccc(Cl)cc2)CC1. The number of allylic oxidation sites excluding steroid dienone is 2. The van der Waals surface area contributed by atoms with Gasteiger partial charge in [0, 0.05) is 8.59 Å². The Morgan fingerprint density at radius 1 is 1.24 bits per heavy atom. The number of halogens is 2. The minimum Gasteiger partial charge on any atom is -0.479 e. The molecule has 2 amide bonds. The van der Waals surface area contributed by atoms with E-state index in [-0.39, 0.29) is 5.56 Å². The summed E-state index contributed by atoms with van der Waals surface area (Å²) >= 11 is 8.11. The summed E-state index contributed by atoms with van der Waals surface area (Å²) < 4.78 is 0.803. The second-order valence-corrected chi connectivity index (χ2v) is 10.4. The predicted octanol–water partition coefficient (Wildman–Crippen LogP) is 5.84. The van der Waals surface area contributed by atoms with Gasteiger partial charge in [-0.15, -0.1) is 0 Å². The molecule has 0 saturated heterocycles. The lowest BCUT2D eigenvalue weighted by Crippen LogP contribution is -2.50. The summed E-state index contributed by atoms with van der Waals surface area (Å²) in [6.45, 7) is 6.03. The van der Waals surface area contributed by atoms with Crippen molar-refractivity contribution in [1.29, 1.82) is 0 Å². The fourth-order valence-corrected chi connectivity index (χ4v) is 5.23. The zero-order chi connectivity index (χ0) is 24.6. The number of hydrogen-bond acceptors (Lipinski definition) is 3. The van der Waals surface area contributed by atoms with Gasteiger partial charge >= 0.3 is 5.97 Å². The standard InChI is InChI=1S/C26H24ClIN2O4/c1-14(2)15-3-5-16(6-4-15)22-24(31)29-21-12-11-19(28)13-20(21)25(32)30(22)23(26(33)34)17-7-9-18(27)10-8-17/h5,7-13,15,22-23H,1,3-4,6H2,2H3,(H,29,31)(H,33,34). The van der Waals surface area contributed by atoms with E-state index in [2.05, 4.69) is 34.5 Å². The van der Waals surface area contributed by atoms with Crippen molar-refractivity contribution in [3.05, 3.63) is 86.0 Å². The molecule has 0 fully saturated rings. The number of carboxylic acid groups (broad SMARTS) is 1. The highest BCUT2D eigenvalue weighted by molar-refractivity contribution is 14.1. The number of fused-ring (bicyclic) bond motifs is 1. The number of nitrogens with zero attached hydrogens (tertiary/aromatic N) is 1. The summed E-state index contributed by atoms with van der Waals surface area (Å²) in [7, 11) is 0. The molecule has 4 rings (SSSR count). The fourth-order valence-electron chi connectivity index (χ4n) is 4.62. The van der Waals surface area contributed by atoms with E-state index in [0.717, 1.165) is 21.1 Å². The first-order valence-electron chi connectivity index (χ1n) is 10.9. The monoisotopic (exact) mass is 590 g/mol. The molecular weight excluding hydrogens is 567 g/mol. The molecule has 176 valence electrons. The largest absolute Gasteiger partial charge is 0.479 e. The zero-order valence-corrected chi connectivity index (χ0v) is 21.5. The molecule has 0 bridgehead atoms. The summed E-state index contributed by atoms with van der Waals surface area (Å²) in [6.07, 6.45) is 4.02. The van der Waals surface area contributed by atoms with Gasteiger partial charge in [0.25, 0.3) is 11.8 Å². The van der Waals surface area contributed by atoms with Gasteiger partial charge in [0.15, 0.2) is 6.04 Å². The van der Waals surface area contributed by atoms with Crippen LogP contribution in [0.5, 0.6) is 0 Å². The van der Waals surface area contributed by atoms with Crippen molar-refractivity contribution in [2.45, 2.75) is 38.3 Å². The summed E-state index contributed by atoms with van der Waals surface area (Å²) in [5.41, 5.74) is 2.82. The van der Waals surface area contributed by atoms with Gasteiger partial charge in [-0.05, 0) is 96.2 Å². The molecule has 34 heavy (non-hydrogen) atoms. The van der Waals surface area contributed by atoms with Gasteiger partial charge in [0.05, 0.1) is 11.3 Å². The van der Waals surface area contributed by atoms with Crippen LogP contribution in [0.3, 0.4) is 0 Å². The average molecular weight is 591 g/mol. The van der Waals surface area contributed by atoms with E-state index in [0.29, 0.717) is 35.0 Å². The smallest absolute Gasteiger partial charge is 0.331 e. The average Bonchev–Trinajstić information content (AvgIpc) is 2.90. The van der Waals surface area contributed by atoms with E-state index in [1.54, 1.807) is 42.5 Å². The molecule has 0 radical (unpaired) electrons. The van der Waals surface area contributed by atoms with Gasteiger partial charge in [-0.3, -0.25) is 9.59 Å². The molecule has 1 aliphatic heterocycles. The third-order valence-electron chi connectivity index (χ3n) is 6.42. The van der Waals surface area contributed by atoms with Gasteiger partial charge in [0.1, 0.15) is 6.04 Å². The van der Waals surface area contributed by atoms with E-state index in [1.165, 1.54) is 4.90 Å². The topological polar surface area (TPSA) is 86.7 Å². The van der Waals surface area contributed by atoms with Gasteiger partial charge in [-0.25, -0.2) is 4.79 Å². The van der Waals surface area contributed by atoms with Crippen LogP contribution >= 0.6 is 34.2 Å². The molecule has 2 aliphatic rings. The van der Waals surface area contributed by atoms with E-state index in [4.69, 9.17) is 11.6 Å². The van der Waals surface area contributed by atoms with Crippen LogP contribution in [-0.2, 0) is 9.59 Å². The Balaban J connectivity index is 1.88. The van der Waals surface area contributed by atoms with Crippen LogP contribution in [-0.4, -0.2) is 33.8 Å². The van der Waals surface area contributed by atoms with E-state index < -0.39 is 29.9 Å². The Morgan fingerprint density at radius 2 is 1.94 bits per heavy atom. The van der Waals surface area contributed by atoms with Crippen LogP contribution in [0.1, 0.15) is 48.1 Å². The van der Waals surface area contributed by atoms with Gasteiger partial charge in [0.2, 0.25) is 0 Å². The number of hydrogen-bond donors (Lipinski definition) is 2. The quantitative estimate of drug-likeness (QED) is 0.339. The number of anilines is 1. The first kappa shape index (κ1) is 24.5. The number of benzene rings is 2. The molecule has 0 aromatic heterocycles. The van der Waals surface area contributed by atoms with Crippen LogP contribution in [0.2, 0.25) is 5.02 Å². The van der Waals surface area contributed by atoms with Crippen LogP contribution < -0.4 is 5.32 Å². The Hall–Kier alpha value is -2.65. The van der Waals surface area contributed by atoms with Crippen LogP contribution in [0, 0.1) is 9.49 Å². The maximum Gasteiger partial charge on any atom is 0.331 e. The van der Waals surface area contributed by atoms with Crippen molar-refractivity contribution < 1.29 is 19.5 Å². The molecule has 1 heterocycles. The number of rotatable bonds is 5. The third kappa shape index (κ3) is 4.77. The molecule has 2 N–H and O–H groups in total. The predicted molar refractivity (Wildman–Crippen MR) is 140 cm³/mol. The minimum absolute atomic E-state index is 0.263. The van der Waals surface area contributed by atoms with Crippen molar-refractivity contribution in [2.24, 2.45) is 5.92 Å². The van der Waals surface area contributed by atoms with Crippen molar-refractivity contribution in [1.82, 2.24) is 4.90 Å². The zero-order valence-electron chi connectivity index (χ0n) is 18.6. The summed E-state index contributed by atoms with van der Waals surface area (Å²) in [4.78, 5) is 41.3. The third-order valence-corrected chi connectivity index (χ3v) is 7.35. The van der Waals surface area contributed by atoms with Crippen molar-refractivity contribution in [3.63, 3.8) is 0 Å². The van der Waals surface area contributed by atoms with E-state index >= 15 is 0 Å². The Bertz CT molecular complexity index is 1210. The molecule has 0 spiro atoms. The summed E-state index contributed by atoms with van der Waals surface area (Å²) in [5.74, 6) is -1.86. The lowest BCUT2D eigenvalue weighted by atomic mass is 9.82. The fraction of sp³-hybridized carbons (Fsp3) is 0.269. The van der Waals surface area contributed by atoms with Gasteiger partial charge in [-0.2, -0.15) is 0 Å². The molecule has 3 unspecified atom stereocenters. The first-order chi connectivity index (χ1) is 16.2. The van der Waals surface area contributed by atoms with Crippen LogP contribution in [0.4, 0.5) is 5.69 Å². The molecule has 2 aromatic rings. The minimum atomic E-state index is -1.37. The lowest BCUT2D eigenvalue weighted by Gasteiger charge is -2.37. The molecule has 6 nitrogen and oxygen atoms in total. The molecule has 3 atom stereocenters. The number of aliphatic carboxylic acids is 1. The van der Waals surface area contributed by atoms with Gasteiger partial charge < -0.3 is 15.3 Å². The molecule has 0 saturated carbocycles. The summed E-state index contributed by atoms with van der Waals surface area (Å²) in [5, 5.41) is 13.6. The normalized spacial score (nSPS) is 21.1. The second kappa shape index (κ2) is 9.92. The van der Waals surface area contributed by atoms with E-state index in [9.17, 15) is 19.5 Å². The second-order valence-electron chi connectivity index (χ2n) is 8.68. The number of carbonyl (C=O) groups excluding carboxylic acids is 2. The van der Waals surface area contributed by atoms with Crippen LogP contribution in [0.25, 0.3) is 0 Å². The molecular formula is C26H24ClIN2O4. The highest BCUT2D eigenvalue weighted by Crippen LogP contribution is 2.38. The number of carboxylic acids is 1. The number of carbonyl (C=O) groups is 3. The Kier molecular flexibility index (Phi) is 7.14. The van der Waals surface area contributed by atoms with E-state index in [1.807, 2.05) is 13.0 Å².